The molecule has 0 bridgehead atoms. The van der Waals surface area contributed by atoms with E-state index in [0.717, 1.165) is 22.4 Å². The Morgan fingerprint density at radius 3 is 2.37 bits per heavy atom. The largest absolute Gasteiger partial charge is 0.493 e. The molecule has 0 atom stereocenters. The zero-order valence-electron chi connectivity index (χ0n) is 23.9. The molecule has 0 aliphatic carbocycles. The minimum atomic E-state index is -0.887. The summed E-state index contributed by atoms with van der Waals surface area (Å²) in [4.78, 5) is 52.3. The van der Waals surface area contributed by atoms with Crippen molar-refractivity contribution in [2.75, 3.05) is 30.5 Å². The van der Waals surface area contributed by atoms with E-state index in [9.17, 15) is 19.2 Å². The molecule has 0 aromatic heterocycles. The van der Waals surface area contributed by atoms with E-state index in [1.165, 1.54) is 25.3 Å². The number of ether oxygens (including phenoxy) is 3. The lowest BCUT2D eigenvalue weighted by atomic mass is 10.1. The number of imide groups is 2. The van der Waals surface area contributed by atoms with Gasteiger partial charge in [-0.25, -0.2) is 9.69 Å². The van der Waals surface area contributed by atoms with Crippen LogP contribution in [0.15, 0.2) is 63.0 Å². The van der Waals surface area contributed by atoms with Crippen LogP contribution in [0.1, 0.15) is 30.0 Å². The molecule has 3 aromatic carbocycles. The van der Waals surface area contributed by atoms with Crippen LogP contribution in [0.2, 0.25) is 0 Å². The molecule has 10 nitrogen and oxygen atoms in total. The number of aryl methyl sites for hydroxylation is 2. The molecule has 43 heavy (non-hydrogen) atoms. The molecule has 224 valence electrons. The lowest BCUT2D eigenvalue weighted by Gasteiger charge is -2.27. The van der Waals surface area contributed by atoms with Crippen molar-refractivity contribution in [2.45, 2.75) is 27.2 Å². The Kier molecular flexibility index (Phi) is 10.3. The van der Waals surface area contributed by atoms with Crippen molar-refractivity contribution in [1.29, 1.82) is 0 Å². The van der Waals surface area contributed by atoms with E-state index < -0.39 is 17.8 Å². The molecule has 5 amide bonds. The van der Waals surface area contributed by atoms with Gasteiger partial charge < -0.3 is 19.5 Å². The lowest BCUT2D eigenvalue weighted by molar-refractivity contribution is -0.122. The molecule has 0 radical (unpaired) electrons. The van der Waals surface area contributed by atoms with Crippen LogP contribution in [0.5, 0.6) is 17.2 Å². The number of urea groups is 1. The van der Waals surface area contributed by atoms with Crippen LogP contribution in [0, 0.1) is 13.8 Å². The number of rotatable bonds is 10. The van der Waals surface area contributed by atoms with Crippen molar-refractivity contribution >= 4 is 73.1 Å². The molecule has 1 fully saturated rings. The number of carbonyl (C=O) groups is 4. The van der Waals surface area contributed by atoms with Gasteiger partial charge >= 0.3 is 6.03 Å². The molecule has 1 aliphatic rings. The second-order valence-electron chi connectivity index (χ2n) is 9.61. The van der Waals surface area contributed by atoms with E-state index >= 15 is 0 Å². The first-order valence-corrected chi connectivity index (χ1v) is 14.8. The van der Waals surface area contributed by atoms with Crippen LogP contribution in [-0.4, -0.2) is 44.1 Å². The van der Waals surface area contributed by atoms with Gasteiger partial charge in [0.25, 0.3) is 17.7 Å². The molecule has 0 unspecified atom stereocenters. The highest BCUT2D eigenvalue weighted by molar-refractivity contribution is 9.11. The molecule has 4 rings (SSSR count). The third-order valence-corrected chi connectivity index (χ3v) is 7.49. The van der Waals surface area contributed by atoms with Gasteiger partial charge in [0, 0.05) is 11.8 Å². The van der Waals surface area contributed by atoms with Crippen molar-refractivity contribution in [3.63, 3.8) is 0 Å². The third kappa shape index (κ3) is 7.44. The quantitative estimate of drug-likeness (QED) is 0.186. The second-order valence-corrected chi connectivity index (χ2v) is 11.3. The predicted molar refractivity (Wildman–Crippen MR) is 170 cm³/mol. The van der Waals surface area contributed by atoms with Gasteiger partial charge in [-0.15, -0.1) is 0 Å². The molecule has 0 saturated carbocycles. The Bertz CT molecular complexity index is 1610. The van der Waals surface area contributed by atoms with Crippen LogP contribution in [-0.2, 0) is 14.4 Å². The number of nitrogens with one attached hydrogen (secondary N) is 2. The smallest absolute Gasteiger partial charge is 0.335 e. The number of hydrogen-bond donors (Lipinski definition) is 2. The molecule has 3 aromatic rings. The summed E-state index contributed by atoms with van der Waals surface area (Å²) >= 11 is 6.88. The number of benzene rings is 3. The number of anilines is 2. The standard InChI is InChI=1S/C31H29Br2N3O7/c1-5-10-42-25-9-8-20(15-26(25)41-4)36-30(39)21(29(38)35-31(36)40)12-19-13-22(32)28(23(33)14-19)43-16-27(37)34-24-11-17(2)6-7-18(24)3/h6-9,11-15H,5,10,16H2,1-4H3,(H,34,37)(H,35,38,40)/b21-12-. The first-order chi connectivity index (χ1) is 20.5. The topological polar surface area (TPSA) is 123 Å². The van der Waals surface area contributed by atoms with E-state index in [4.69, 9.17) is 14.2 Å². The highest BCUT2D eigenvalue weighted by atomic mass is 79.9. The lowest BCUT2D eigenvalue weighted by Crippen LogP contribution is -2.54. The SMILES string of the molecule is CCCOc1ccc(N2C(=O)NC(=O)/C(=C/c3cc(Br)c(OCC(=O)Nc4cc(C)ccc4C)c(Br)c3)C2=O)cc1OC. The molecule has 1 saturated heterocycles. The number of halogens is 2. The summed E-state index contributed by atoms with van der Waals surface area (Å²) < 4.78 is 17.7. The van der Waals surface area contributed by atoms with Gasteiger partial charge in [-0.05, 0) is 105 Å². The Morgan fingerprint density at radius 1 is 0.977 bits per heavy atom. The minimum Gasteiger partial charge on any atom is -0.493 e. The summed E-state index contributed by atoms with van der Waals surface area (Å²) in [6.07, 6.45) is 2.15. The van der Waals surface area contributed by atoms with Gasteiger partial charge in [-0.1, -0.05) is 19.1 Å². The summed E-state index contributed by atoms with van der Waals surface area (Å²) in [5.74, 6) is -0.836. The molecule has 0 spiro atoms. The van der Waals surface area contributed by atoms with Crippen molar-refractivity contribution < 1.29 is 33.4 Å². The number of nitrogens with zero attached hydrogens (tertiary/aromatic N) is 1. The number of carbonyl (C=O) groups excluding carboxylic acids is 4. The zero-order valence-corrected chi connectivity index (χ0v) is 27.1. The van der Waals surface area contributed by atoms with E-state index in [2.05, 4.69) is 42.5 Å². The number of hydrogen-bond acceptors (Lipinski definition) is 7. The van der Waals surface area contributed by atoms with E-state index in [1.807, 2.05) is 39.0 Å². The maximum Gasteiger partial charge on any atom is 0.335 e. The van der Waals surface area contributed by atoms with Gasteiger partial charge in [0.05, 0.1) is 28.3 Å². The van der Waals surface area contributed by atoms with Crippen LogP contribution >= 0.6 is 31.9 Å². The Morgan fingerprint density at radius 2 is 1.70 bits per heavy atom. The highest BCUT2D eigenvalue weighted by Crippen LogP contribution is 2.37. The van der Waals surface area contributed by atoms with Gasteiger partial charge in [-0.3, -0.25) is 19.7 Å². The number of amides is 5. The first-order valence-electron chi connectivity index (χ1n) is 13.2. The maximum absolute atomic E-state index is 13.4. The van der Waals surface area contributed by atoms with Gasteiger partial charge in [0.2, 0.25) is 0 Å². The van der Waals surface area contributed by atoms with E-state index in [1.54, 1.807) is 18.2 Å². The third-order valence-electron chi connectivity index (χ3n) is 6.32. The normalized spacial score (nSPS) is 14.0. The Hall–Kier alpha value is -4.16. The van der Waals surface area contributed by atoms with Gasteiger partial charge in [-0.2, -0.15) is 0 Å². The van der Waals surface area contributed by atoms with Crippen molar-refractivity contribution in [2.24, 2.45) is 0 Å². The minimum absolute atomic E-state index is 0.201. The van der Waals surface area contributed by atoms with Gasteiger partial charge in [0.1, 0.15) is 11.3 Å². The molecule has 1 aliphatic heterocycles. The summed E-state index contributed by atoms with van der Waals surface area (Å²) in [6.45, 7) is 6.02. The summed E-state index contributed by atoms with van der Waals surface area (Å²) in [6, 6.07) is 12.8. The van der Waals surface area contributed by atoms with Crippen LogP contribution in [0.3, 0.4) is 0 Å². The van der Waals surface area contributed by atoms with Crippen molar-refractivity contribution in [3.8, 4) is 17.2 Å². The number of barbiturate groups is 1. The average Bonchev–Trinajstić information content (AvgIpc) is 2.95. The fourth-order valence-corrected chi connectivity index (χ4v) is 5.63. The van der Waals surface area contributed by atoms with E-state index in [0.29, 0.717) is 44.1 Å². The number of methoxy groups -OCH3 is 1. The molecule has 2 N–H and O–H groups in total. The Labute approximate surface area is 265 Å². The Balaban J connectivity index is 1.53. The second kappa shape index (κ2) is 13.9. The zero-order chi connectivity index (χ0) is 31.3. The maximum atomic E-state index is 13.4. The fourth-order valence-electron chi connectivity index (χ4n) is 4.18. The van der Waals surface area contributed by atoms with Gasteiger partial charge in [0.15, 0.2) is 18.1 Å². The monoisotopic (exact) mass is 713 g/mol. The molecular weight excluding hydrogens is 686 g/mol. The summed E-state index contributed by atoms with van der Waals surface area (Å²) in [7, 11) is 1.45. The fraction of sp³-hybridized carbons (Fsp3) is 0.226. The average molecular weight is 715 g/mol. The summed E-state index contributed by atoms with van der Waals surface area (Å²) in [5, 5.41) is 5.05. The van der Waals surface area contributed by atoms with Crippen molar-refractivity contribution in [1.82, 2.24) is 5.32 Å². The first kappa shape index (κ1) is 31.8. The summed E-state index contributed by atoms with van der Waals surface area (Å²) in [5.41, 5.74) is 3.05. The van der Waals surface area contributed by atoms with E-state index in [-0.39, 0.29) is 23.8 Å². The van der Waals surface area contributed by atoms with Crippen LogP contribution < -0.4 is 29.7 Å². The van der Waals surface area contributed by atoms with Crippen LogP contribution in [0.4, 0.5) is 16.2 Å². The van der Waals surface area contributed by atoms with Crippen molar-refractivity contribution in [3.05, 3.63) is 79.7 Å². The van der Waals surface area contributed by atoms with Crippen LogP contribution in [0.25, 0.3) is 6.08 Å². The predicted octanol–water partition coefficient (Wildman–Crippen LogP) is 6.31. The molecule has 1 heterocycles. The molecular formula is C31H29Br2N3O7. The highest BCUT2D eigenvalue weighted by Gasteiger charge is 2.37. The molecule has 12 heteroatoms.